The zero-order valence-electron chi connectivity index (χ0n) is 31.9. The van der Waals surface area contributed by atoms with E-state index in [1.807, 2.05) is 26.0 Å². The number of hydrogen-bond donors (Lipinski definition) is 3. The van der Waals surface area contributed by atoms with Crippen LogP contribution in [0.15, 0.2) is 54.6 Å². The highest BCUT2D eigenvalue weighted by Gasteiger charge is 2.35. The molecule has 0 amide bonds. The number of likely N-dealkylation sites (N-methyl/N-ethyl adjacent to an activating group) is 3. The van der Waals surface area contributed by atoms with Gasteiger partial charge in [0.1, 0.15) is 29.5 Å². The van der Waals surface area contributed by atoms with Crippen molar-refractivity contribution in [2.75, 3.05) is 66.1 Å². The summed E-state index contributed by atoms with van der Waals surface area (Å²) in [6.07, 6.45) is -11.7. The van der Waals surface area contributed by atoms with E-state index in [2.05, 4.69) is 9.80 Å². The molecule has 0 saturated carbocycles. The average Bonchev–Trinajstić information content (AvgIpc) is 3.83. The molecule has 3 heterocycles. The van der Waals surface area contributed by atoms with E-state index < -0.39 is 62.2 Å². The maximum Gasteiger partial charge on any atom is 0.416 e. The summed E-state index contributed by atoms with van der Waals surface area (Å²) in [5, 5.41) is 38.5. The van der Waals surface area contributed by atoms with Crippen molar-refractivity contribution in [1.29, 1.82) is 0 Å². The molecule has 3 aliphatic heterocycles. The normalized spacial score (nSPS) is 20.1. The third kappa shape index (κ3) is 16.2. The van der Waals surface area contributed by atoms with E-state index in [4.69, 9.17) is 25.4 Å². The van der Waals surface area contributed by atoms with Crippen LogP contribution in [0.5, 0.6) is 17.2 Å². The molecule has 0 radical (unpaired) electrons. The lowest BCUT2D eigenvalue weighted by Crippen LogP contribution is -2.21. The number of aliphatic hydroxyl groups excluding tert-OH is 1. The monoisotopic (exact) mass is 858 g/mol. The number of halogens is 9. The number of nitrogens with two attached hydrogens (primary N) is 1. The lowest BCUT2D eigenvalue weighted by molar-refractivity contribution is -0.385. The number of alkyl halides is 9. The van der Waals surface area contributed by atoms with Gasteiger partial charge >= 0.3 is 18.5 Å². The molecule has 14 nitrogen and oxygen atoms in total. The number of nitro benzene ring substituents is 2. The molecule has 0 aromatic heterocycles. The van der Waals surface area contributed by atoms with Gasteiger partial charge < -0.3 is 40.1 Å². The summed E-state index contributed by atoms with van der Waals surface area (Å²) in [4.78, 5) is 25.2. The zero-order chi connectivity index (χ0) is 44.5. The van der Waals surface area contributed by atoms with Gasteiger partial charge in [0.2, 0.25) is 0 Å². The lowest BCUT2D eigenvalue weighted by Gasteiger charge is -2.16. The predicted octanol–water partition coefficient (Wildman–Crippen LogP) is 7.07. The maximum absolute atomic E-state index is 12.7. The van der Waals surface area contributed by atoms with Crippen molar-refractivity contribution in [3.05, 3.63) is 91.5 Å². The summed E-state index contributed by atoms with van der Waals surface area (Å²) in [6, 6.07) is 7.09. The number of β-amino-alcohol motifs (C(OH)–C–C–N with tert-alkyl or cyclic N) is 1. The molecule has 4 N–H and O–H groups in total. The first-order valence-corrected chi connectivity index (χ1v) is 17.7. The minimum Gasteiger partial charge on any atom is -0.508 e. The first-order chi connectivity index (χ1) is 27.2. The Balaban J connectivity index is 0.000000221. The van der Waals surface area contributed by atoms with E-state index in [-0.39, 0.29) is 35.5 Å². The molecule has 23 heteroatoms. The van der Waals surface area contributed by atoms with Crippen molar-refractivity contribution in [2.45, 2.75) is 56.1 Å². The largest absolute Gasteiger partial charge is 0.508 e. The first kappa shape index (κ1) is 48.2. The topological polar surface area (TPSA) is 181 Å². The number of phenolic OH excluding ortho intramolecular Hbond substituents is 1. The minimum atomic E-state index is -4.70. The van der Waals surface area contributed by atoms with Crippen LogP contribution in [-0.2, 0) is 18.5 Å². The second-order valence-electron chi connectivity index (χ2n) is 14.0. The highest BCUT2D eigenvalue weighted by molar-refractivity contribution is 5.48. The van der Waals surface area contributed by atoms with E-state index in [0.29, 0.717) is 37.2 Å². The Morgan fingerprint density at radius 1 is 0.610 bits per heavy atom. The van der Waals surface area contributed by atoms with Crippen molar-refractivity contribution in [1.82, 2.24) is 14.7 Å². The molecule has 3 unspecified atom stereocenters. The van der Waals surface area contributed by atoms with Gasteiger partial charge in [0.05, 0.1) is 44.8 Å². The summed E-state index contributed by atoms with van der Waals surface area (Å²) in [5.74, 6) is -0.721. The van der Waals surface area contributed by atoms with Crippen molar-refractivity contribution in [2.24, 2.45) is 0 Å². The summed E-state index contributed by atoms with van der Waals surface area (Å²) < 4.78 is 123. The number of likely N-dealkylation sites (tertiary alicyclic amines) is 3. The van der Waals surface area contributed by atoms with Gasteiger partial charge in [0.15, 0.2) is 0 Å². The first-order valence-electron chi connectivity index (χ1n) is 17.7. The molecular weight excluding hydrogens is 815 g/mol. The second kappa shape index (κ2) is 20.2. The van der Waals surface area contributed by atoms with Gasteiger partial charge in [-0.3, -0.25) is 20.2 Å². The van der Waals surface area contributed by atoms with Crippen LogP contribution in [0.2, 0.25) is 0 Å². The van der Waals surface area contributed by atoms with Gasteiger partial charge in [-0.25, -0.2) is 0 Å². The number of nitro groups is 2. The van der Waals surface area contributed by atoms with Crippen LogP contribution >= 0.6 is 0 Å². The quantitative estimate of drug-likeness (QED) is 0.0995. The van der Waals surface area contributed by atoms with Crippen molar-refractivity contribution >= 4 is 17.1 Å². The third-order valence-electron chi connectivity index (χ3n) is 8.79. The molecule has 0 aliphatic carbocycles. The van der Waals surface area contributed by atoms with Gasteiger partial charge in [-0.05, 0) is 64.7 Å². The van der Waals surface area contributed by atoms with E-state index in [1.165, 1.54) is 6.07 Å². The summed E-state index contributed by atoms with van der Waals surface area (Å²) in [7, 11) is 5.85. The summed E-state index contributed by atoms with van der Waals surface area (Å²) in [5.41, 5.74) is 1.01. The number of phenols is 1. The summed E-state index contributed by atoms with van der Waals surface area (Å²) >= 11 is 0. The molecular formula is C36H43F9N6O8. The van der Waals surface area contributed by atoms with Crippen molar-refractivity contribution < 1.29 is 69.0 Å². The Labute approximate surface area is 331 Å². The molecule has 0 spiro atoms. The van der Waals surface area contributed by atoms with E-state index in [1.54, 1.807) is 0 Å². The fourth-order valence-corrected chi connectivity index (χ4v) is 5.92. The van der Waals surface area contributed by atoms with Crippen LogP contribution in [0.1, 0.15) is 36.0 Å². The second-order valence-corrected chi connectivity index (χ2v) is 14.0. The smallest absolute Gasteiger partial charge is 0.416 e. The Hall–Kier alpha value is -5.13. The van der Waals surface area contributed by atoms with Gasteiger partial charge in [0.25, 0.3) is 11.4 Å². The fourth-order valence-electron chi connectivity index (χ4n) is 5.92. The third-order valence-corrected chi connectivity index (χ3v) is 8.79. The van der Waals surface area contributed by atoms with Crippen LogP contribution < -0.4 is 15.2 Å². The zero-order valence-corrected chi connectivity index (χ0v) is 31.9. The number of aliphatic hydroxyl groups is 1. The van der Waals surface area contributed by atoms with Gasteiger partial charge in [-0.1, -0.05) is 0 Å². The lowest BCUT2D eigenvalue weighted by atomic mass is 10.2. The molecule has 0 bridgehead atoms. The van der Waals surface area contributed by atoms with Gasteiger partial charge in [-0.2, -0.15) is 39.5 Å². The number of rotatable bonds is 6. The highest BCUT2D eigenvalue weighted by Crippen LogP contribution is 2.37. The number of nitrogens with zero attached hydrogens (tertiary/aromatic N) is 5. The van der Waals surface area contributed by atoms with Crippen LogP contribution in [0.3, 0.4) is 0 Å². The number of hydrogen-bond acceptors (Lipinski definition) is 12. The molecule has 3 fully saturated rings. The van der Waals surface area contributed by atoms with E-state index in [0.717, 1.165) is 69.8 Å². The van der Waals surface area contributed by atoms with E-state index in [9.17, 15) is 59.7 Å². The van der Waals surface area contributed by atoms with Crippen LogP contribution in [0.4, 0.5) is 56.6 Å². The molecule has 3 saturated heterocycles. The molecule has 3 aromatic rings. The van der Waals surface area contributed by atoms with Crippen LogP contribution in [0, 0.1) is 20.2 Å². The maximum atomic E-state index is 12.7. The molecule has 3 aromatic carbocycles. The van der Waals surface area contributed by atoms with E-state index >= 15 is 0 Å². The highest BCUT2D eigenvalue weighted by atomic mass is 19.4. The molecule has 6 rings (SSSR count). The predicted molar refractivity (Wildman–Crippen MR) is 195 cm³/mol. The van der Waals surface area contributed by atoms with Gasteiger partial charge in [0, 0.05) is 63.2 Å². The van der Waals surface area contributed by atoms with Crippen LogP contribution in [-0.4, -0.2) is 113 Å². The minimum absolute atomic E-state index is 0.0509. The standard InChI is InChI=1S/C12H13F3N2O3.C12H15F3N2O.C7H4F3NO3.C5H11NO/c1-16-3-2-10(7-16)20-11-5-8(12(13,14)15)4-9(6-11)17(18)19;1-17-3-2-10(7-17)18-11-5-8(12(13,14)15)4-9(16)6-11;8-7(9,10)4-1-5(11(13)14)3-6(12)2-4;1-6-3-2-5(7)4-6/h4-6,10H,2-3,7H2,1H3;4-6,10H,2-3,7,16H2,1H3;1-3,12H;5,7H,2-4H2,1H3. The van der Waals surface area contributed by atoms with Gasteiger partial charge in [-0.15, -0.1) is 0 Å². The average molecular weight is 859 g/mol. The van der Waals surface area contributed by atoms with Crippen molar-refractivity contribution in [3.8, 4) is 17.2 Å². The fraction of sp³-hybridized carbons (Fsp3) is 0.500. The molecule has 3 atom stereocenters. The number of aromatic hydroxyl groups is 1. The van der Waals surface area contributed by atoms with Crippen LogP contribution in [0.25, 0.3) is 0 Å². The SMILES string of the molecule is CN1CCC(O)C1.CN1CCC(Oc2cc(N)cc(C(F)(F)F)c2)C1.CN1CCC(Oc2cc([N+](=O)[O-])cc(C(F)(F)F)c2)C1.O=[N+]([O-])c1cc(O)cc(C(F)(F)F)c1. The molecule has 3 aliphatic rings. The number of ether oxygens (including phenoxy) is 2. The number of non-ortho nitro benzene ring substituents is 2. The van der Waals surface area contributed by atoms with Crippen molar-refractivity contribution in [3.63, 3.8) is 0 Å². The number of benzene rings is 3. The molecule has 59 heavy (non-hydrogen) atoms. The Kier molecular flexibility index (Phi) is 16.5. The Bertz CT molecular complexity index is 1880. The Morgan fingerprint density at radius 2 is 1.00 bits per heavy atom. The Morgan fingerprint density at radius 3 is 1.36 bits per heavy atom. The molecule has 328 valence electrons. The number of anilines is 1. The number of nitrogen functional groups attached to an aromatic ring is 1. The summed E-state index contributed by atoms with van der Waals surface area (Å²) in [6.45, 7) is 4.90.